The van der Waals surface area contributed by atoms with E-state index >= 15 is 0 Å². The van der Waals surface area contributed by atoms with Crippen LogP contribution in [0, 0.1) is 0 Å². The largest absolute Gasteiger partial charge is 0.481 e. The predicted molar refractivity (Wildman–Crippen MR) is 64.5 cm³/mol. The zero-order valence-corrected chi connectivity index (χ0v) is 10.1. The average Bonchev–Trinajstić information content (AvgIpc) is 2.88. The van der Waals surface area contributed by atoms with Crippen LogP contribution in [0.4, 0.5) is 5.69 Å². The summed E-state index contributed by atoms with van der Waals surface area (Å²) in [5.41, 5.74) is 0.559. The highest BCUT2D eigenvalue weighted by molar-refractivity contribution is 6.01. The van der Waals surface area contributed by atoms with Crippen molar-refractivity contribution in [3.63, 3.8) is 0 Å². The van der Waals surface area contributed by atoms with Crippen molar-refractivity contribution in [2.45, 2.75) is 13.3 Å². The van der Waals surface area contributed by atoms with Crippen LogP contribution in [0.25, 0.3) is 0 Å². The van der Waals surface area contributed by atoms with Gasteiger partial charge in [-0.2, -0.15) is 0 Å². The summed E-state index contributed by atoms with van der Waals surface area (Å²) in [5, 5.41) is 9.15. The van der Waals surface area contributed by atoms with Crippen LogP contribution in [-0.2, 0) is 6.42 Å². The molecule has 94 valence electrons. The molecule has 2 aromatic rings. The van der Waals surface area contributed by atoms with Crippen molar-refractivity contribution in [3.8, 4) is 5.88 Å². The van der Waals surface area contributed by atoms with E-state index < -0.39 is 0 Å². The van der Waals surface area contributed by atoms with Crippen LogP contribution in [0.15, 0.2) is 18.3 Å². The number of aromatic amines is 1. The summed E-state index contributed by atoms with van der Waals surface area (Å²) >= 11 is 0. The van der Waals surface area contributed by atoms with E-state index in [9.17, 15) is 4.79 Å². The molecule has 2 aromatic heterocycles. The number of nitrogens with zero attached hydrogens (tertiary/aromatic N) is 3. The number of ether oxygens (including phenoxy) is 1. The number of carbonyl (C=O) groups excluding carboxylic acids is 1. The number of aromatic nitrogens is 4. The number of pyridine rings is 1. The lowest BCUT2D eigenvalue weighted by molar-refractivity contribution is 0.101. The number of rotatable bonds is 4. The van der Waals surface area contributed by atoms with Gasteiger partial charge in [0.1, 0.15) is 5.82 Å². The van der Waals surface area contributed by atoms with Gasteiger partial charge in [0.15, 0.2) is 0 Å². The lowest BCUT2D eigenvalue weighted by Crippen LogP contribution is -2.14. The molecule has 7 heteroatoms. The van der Waals surface area contributed by atoms with Gasteiger partial charge in [0, 0.05) is 12.5 Å². The third-order valence-electron chi connectivity index (χ3n) is 2.27. The first-order valence-corrected chi connectivity index (χ1v) is 5.45. The second kappa shape index (κ2) is 5.26. The predicted octanol–water partition coefficient (Wildman–Crippen LogP) is 1.02. The Labute approximate surface area is 104 Å². The highest BCUT2D eigenvalue weighted by Gasteiger charge is 2.12. The molecule has 0 fully saturated rings. The van der Waals surface area contributed by atoms with Crippen LogP contribution in [0.1, 0.15) is 23.4 Å². The molecular formula is C11H13N5O2. The first-order chi connectivity index (χ1) is 8.72. The van der Waals surface area contributed by atoms with Gasteiger partial charge in [-0.1, -0.05) is 6.92 Å². The fourth-order valence-electron chi connectivity index (χ4n) is 1.32. The van der Waals surface area contributed by atoms with E-state index in [-0.39, 0.29) is 11.7 Å². The maximum absolute atomic E-state index is 11.8. The summed E-state index contributed by atoms with van der Waals surface area (Å²) in [5.74, 6) is 0.896. The lowest BCUT2D eigenvalue weighted by atomic mass is 10.4. The number of carbonyl (C=O) groups is 1. The van der Waals surface area contributed by atoms with Gasteiger partial charge >= 0.3 is 0 Å². The van der Waals surface area contributed by atoms with Gasteiger partial charge in [-0.15, -0.1) is 5.10 Å². The zero-order chi connectivity index (χ0) is 13.0. The fourth-order valence-corrected chi connectivity index (χ4v) is 1.32. The molecule has 0 aliphatic carbocycles. The molecule has 0 aromatic carbocycles. The Kier molecular flexibility index (Phi) is 3.52. The molecule has 2 heterocycles. The molecule has 0 aliphatic heterocycles. The number of methoxy groups -OCH3 is 1. The Morgan fingerprint density at radius 2 is 2.33 bits per heavy atom. The Morgan fingerprint density at radius 1 is 1.50 bits per heavy atom. The quantitative estimate of drug-likeness (QED) is 0.841. The van der Waals surface area contributed by atoms with E-state index in [0.717, 1.165) is 0 Å². The standard InChI is InChI=1S/C11H13N5O2/c1-3-8-14-10(16-15-8)11(17)13-7-4-5-9(18-2)12-6-7/h4-6H,3H2,1-2H3,(H,13,17)(H,14,15,16). The van der Waals surface area contributed by atoms with Gasteiger partial charge < -0.3 is 10.1 Å². The molecule has 0 unspecified atom stereocenters. The van der Waals surface area contributed by atoms with Crippen LogP contribution >= 0.6 is 0 Å². The highest BCUT2D eigenvalue weighted by Crippen LogP contribution is 2.11. The van der Waals surface area contributed by atoms with Gasteiger partial charge in [0.2, 0.25) is 11.7 Å². The minimum atomic E-state index is -0.377. The highest BCUT2D eigenvalue weighted by atomic mass is 16.5. The summed E-state index contributed by atoms with van der Waals surface area (Å²) < 4.78 is 4.92. The van der Waals surface area contributed by atoms with Gasteiger partial charge in [0.05, 0.1) is 19.0 Å². The van der Waals surface area contributed by atoms with E-state index in [4.69, 9.17) is 4.74 Å². The summed E-state index contributed by atoms with van der Waals surface area (Å²) in [7, 11) is 1.53. The maximum atomic E-state index is 11.8. The number of aryl methyl sites for hydroxylation is 1. The number of hydrogen-bond acceptors (Lipinski definition) is 5. The molecular weight excluding hydrogens is 234 g/mol. The number of nitrogens with one attached hydrogen (secondary N) is 2. The Bertz CT molecular complexity index is 535. The Morgan fingerprint density at radius 3 is 2.89 bits per heavy atom. The van der Waals surface area contributed by atoms with Crippen molar-refractivity contribution in [2.75, 3.05) is 12.4 Å². The summed E-state index contributed by atoms with van der Waals surface area (Å²) in [6, 6.07) is 3.35. The van der Waals surface area contributed by atoms with Crippen molar-refractivity contribution in [1.82, 2.24) is 20.2 Å². The van der Waals surface area contributed by atoms with Crippen LogP contribution in [-0.4, -0.2) is 33.2 Å². The summed E-state index contributed by atoms with van der Waals surface area (Å²) in [6.45, 7) is 1.93. The molecule has 0 radical (unpaired) electrons. The average molecular weight is 247 g/mol. The van der Waals surface area contributed by atoms with E-state index in [2.05, 4.69) is 25.5 Å². The SMILES string of the molecule is CCc1nc(C(=O)Nc2ccc(OC)nc2)n[nH]1. The van der Waals surface area contributed by atoms with Crippen LogP contribution in [0.2, 0.25) is 0 Å². The second-order valence-corrected chi connectivity index (χ2v) is 3.50. The van der Waals surface area contributed by atoms with Crippen LogP contribution in [0.3, 0.4) is 0 Å². The van der Waals surface area contributed by atoms with E-state index in [0.29, 0.717) is 23.8 Å². The minimum Gasteiger partial charge on any atom is -0.481 e. The van der Waals surface area contributed by atoms with Crippen molar-refractivity contribution >= 4 is 11.6 Å². The first kappa shape index (κ1) is 12.0. The molecule has 18 heavy (non-hydrogen) atoms. The first-order valence-electron chi connectivity index (χ1n) is 5.45. The number of anilines is 1. The molecule has 2 rings (SSSR count). The summed E-state index contributed by atoms with van der Waals surface area (Å²) in [4.78, 5) is 19.8. The van der Waals surface area contributed by atoms with Crippen LogP contribution < -0.4 is 10.1 Å². The molecule has 1 amide bonds. The zero-order valence-electron chi connectivity index (χ0n) is 10.1. The van der Waals surface area contributed by atoms with Crippen molar-refractivity contribution in [2.24, 2.45) is 0 Å². The number of H-pyrrole nitrogens is 1. The smallest absolute Gasteiger partial charge is 0.295 e. The fraction of sp³-hybridized carbons (Fsp3) is 0.273. The van der Waals surface area contributed by atoms with Gasteiger partial charge in [-0.25, -0.2) is 9.97 Å². The molecule has 0 spiro atoms. The normalized spacial score (nSPS) is 10.1. The minimum absolute atomic E-state index is 0.114. The molecule has 2 N–H and O–H groups in total. The third-order valence-corrected chi connectivity index (χ3v) is 2.27. The molecule has 0 saturated carbocycles. The molecule has 0 bridgehead atoms. The van der Waals surface area contributed by atoms with Crippen molar-refractivity contribution in [1.29, 1.82) is 0 Å². The molecule has 0 atom stereocenters. The summed E-state index contributed by atoms with van der Waals surface area (Å²) in [6.07, 6.45) is 2.20. The maximum Gasteiger partial charge on any atom is 0.295 e. The number of amides is 1. The molecule has 0 saturated heterocycles. The van der Waals surface area contributed by atoms with Crippen molar-refractivity contribution in [3.05, 3.63) is 30.0 Å². The van der Waals surface area contributed by atoms with E-state index in [1.54, 1.807) is 12.1 Å². The topological polar surface area (TPSA) is 92.8 Å². The van der Waals surface area contributed by atoms with Gasteiger partial charge in [-0.05, 0) is 6.07 Å². The molecule has 0 aliphatic rings. The van der Waals surface area contributed by atoms with E-state index in [1.165, 1.54) is 13.3 Å². The van der Waals surface area contributed by atoms with Gasteiger partial charge in [-0.3, -0.25) is 9.89 Å². The monoisotopic (exact) mass is 247 g/mol. The lowest BCUT2D eigenvalue weighted by Gasteiger charge is -2.02. The van der Waals surface area contributed by atoms with E-state index in [1.807, 2.05) is 6.92 Å². The number of hydrogen-bond donors (Lipinski definition) is 2. The Balaban J connectivity index is 2.06. The van der Waals surface area contributed by atoms with Crippen molar-refractivity contribution < 1.29 is 9.53 Å². The van der Waals surface area contributed by atoms with Crippen LogP contribution in [0.5, 0.6) is 5.88 Å². The second-order valence-electron chi connectivity index (χ2n) is 3.50. The third kappa shape index (κ3) is 2.62. The Hall–Kier alpha value is -2.44. The van der Waals surface area contributed by atoms with Gasteiger partial charge in [0.25, 0.3) is 5.91 Å². The molecule has 7 nitrogen and oxygen atoms in total.